The fourth-order valence-corrected chi connectivity index (χ4v) is 4.76. The smallest absolute Gasteiger partial charge is 0.266 e. The lowest BCUT2D eigenvalue weighted by molar-refractivity contribution is -0.122. The lowest BCUT2D eigenvalue weighted by Crippen LogP contribution is -2.27. The number of hydrogen-bond donors (Lipinski definition) is 0. The molecule has 1 amide bonds. The monoisotopic (exact) mass is 443 g/mol. The van der Waals surface area contributed by atoms with E-state index in [9.17, 15) is 4.79 Å². The Morgan fingerprint density at radius 2 is 1.82 bits per heavy atom. The van der Waals surface area contributed by atoms with Crippen molar-refractivity contribution in [3.63, 3.8) is 0 Å². The Balaban J connectivity index is 1.47. The molecular weight excluding hydrogens is 430 g/mol. The number of furan rings is 1. The fraction of sp³-hybridized carbons (Fsp3) is 0.0476. The van der Waals surface area contributed by atoms with Crippen molar-refractivity contribution in [3.05, 3.63) is 88.0 Å². The van der Waals surface area contributed by atoms with Crippen molar-refractivity contribution in [1.82, 2.24) is 4.90 Å². The third-order valence-corrected chi connectivity index (χ3v) is 6.52. The highest BCUT2D eigenvalue weighted by Gasteiger charge is 2.32. The summed E-state index contributed by atoms with van der Waals surface area (Å²) in [5.41, 5.74) is 1.04. The number of thiocarbonyl (C=S) groups is 1. The molecule has 1 fully saturated rings. The molecule has 0 aliphatic carbocycles. The minimum absolute atomic E-state index is 0.0952. The number of thioether (sulfide) groups is 1. The second kappa shape index (κ2) is 8.57. The molecule has 3 nitrogen and oxygen atoms in total. The van der Waals surface area contributed by atoms with Crippen LogP contribution in [0.2, 0.25) is 5.02 Å². The Morgan fingerprint density at radius 1 is 1.07 bits per heavy atom. The van der Waals surface area contributed by atoms with Crippen molar-refractivity contribution in [2.75, 3.05) is 0 Å². The molecule has 140 valence electrons. The van der Waals surface area contributed by atoms with Crippen LogP contribution < -0.4 is 0 Å². The first-order valence-corrected chi connectivity index (χ1v) is 10.8. The SMILES string of the molecule is O=C1C(=Cc2ccc(Sc3ccc(Cl)cc3)o2)SC(=S)N1Cc1ccccc1. The molecule has 4 rings (SSSR count). The number of carbonyl (C=O) groups is 1. The minimum atomic E-state index is -0.0952. The van der Waals surface area contributed by atoms with Crippen molar-refractivity contribution in [1.29, 1.82) is 0 Å². The second-order valence-corrected chi connectivity index (χ2v) is 9.16. The maximum atomic E-state index is 12.7. The minimum Gasteiger partial charge on any atom is -0.450 e. The predicted molar refractivity (Wildman–Crippen MR) is 119 cm³/mol. The standard InChI is InChI=1S/C21H14ClNO2S3/c22-15-6-9-17(10-7-15)27-19-11-8-16(25-19)12-18-20(24)23(21(26)28-18)13-14-4-2-1-3-5-14/h1-12H,13H2. The summed E-state index contributed by atoms with van der Waals surface area (Å²) in [6.07, 6.45) is 1.75. The molecule has 1 aliphatic rings. The molecular formula is C21H14ClNO2S3. The first kappa shape index (κ1) is 19.3. The van der Waals surface area contributed by atoms with Crippen LogP contribution in [0.15, 0.2) is 86.0 Å². The van der Waals surface area contributed by atoms with E-state index in [-0.39, 0.29) is 5.91 Å². The van der Waals surface area contributed by atoms with E-state index in [1.807, 2.05) is 66.7 Å². The van der Waals surface area contributed by atoms with Crippen molar-refractivity contribution in [2.24, 2.45) is 0 Å². The van der Waals surface area contributed by atoms with Crippen molar-refractivity contribution >= 4 is 63.6 Å². The first-order valence-electron chi connectivity index (χ1n) is 8.41. The Kier molecular flexibility index (Phi) is 5.92. The fourth-order valence-electron chi connectivity index (χ4n) is 2.62. The van der Waals surface area contributed by atoms with Crippen molar-refractivity contribution in [3.8, 4) is 0 Å². The highest BCUT2D eigenvalue weighted by Crippen LogP contribution is 2.35. The van der Waals surface area contributed by atoms with Crippen LogP contribution in [0.1, 0.15) is 11.3 Å². The van der Waals surface area contributed by atoms with E-state index in [0.29, 0.717) is 26.6 Å². The van der Waals surface area contributed by atoms with E-state index in [1.165, 1.54) is 23.5 Å². The molecule has 0 N–H and O–H groups in total. The van der Waals surface area contributed by atoms with Crippen LogP contribution in [0.3, 0.4) is 0 Å². The van der Waals surface area contributed by atoms with Crippen LogP contribution in [-0.2, 0) is 11.3 Å². The van der Waals surface area contributed by atoms with Gasteiger partial charge in [-0.1, -0.05) is 77.7 Å². The van der Waals surface area contributed by atoms with Gasteiger partial charge in [-0.3, -0.25) is 9.69 Å². The van der Waals surface area contributed by atoms with Crippen molar-refractivity contribution in [2.45, 2.75) is 16.5 Å². The van der Waals surface area contributed by atoms with Gasteiger partial charge in [-0.2, -0.15) is 0 Å². The molecule has 7 heteroatoms. The Morgan fingerprint density at radius 3 is 2.57 bits per heavy atom. The van der Waals surface area contributed by atoms with Gasteiger partial charge in [0.25, 0.3) is 5.91 Å². The summed E-state index contributed by atoms with van der Waals surface area (Å²) in [6, 6.07) is 21.1. The Bertz CT molecular complexity index is 1050. The highest BCUT2D eigenvalue weighted by molar-refractivity contribution is 8.26. The summed E-state index contributed by atoms with van der Waals surface area (Å²) in [6.45, 7) is 0.471. The molecule has 1 aliphatic heterocycles. The zero-order valence-electron chi connectivity index (χ0n) is 14.5. The van der Waals surface area contributed by atoms with Crippen LogP contribution in [0, 0.1) is 0 Å². The molecule has 0 atom stereocenters. The molecule has 0 radical (unpaired) electrons. The molecule has 1 aromatic heterocycles. The molecule has 28 heavy (non-hydrogen) atoms. The summed E-state index contributed by atoms with van der Waals surface area (Å²) in [5, 5.41) is 1.44. The number of hydrogen-bond acceptors (Lipinski definition) is 5. The lowest BCUT2D eigenvalue weighted by atomic mass is 10.2. The van der Waals surface area contributed by atoms with E-state index >= 15 is 0 Å². The van der Waals surface area contributed by atoms with Crippen LogP contribution in [-0.4, -0.2) is 15.1 Å². The summed E-state index contributed by atoms with van der Waals surface area (Å²) in [7, 11) is 0. The van der Waals surface area contributed by atoms with Crippen molar-refractivity contribution < 1.29 is 9.21 Å². The molecule has 0 unspecified atom stereocenters. The molecule has 0 bridgehead atoms. The molecule has 2 heterocycles. The maximum Gasteiger partial charge on any atom is 0.266 e. The van der Waals surface area contributed by atoms with Crippen LogP contribution in [0.25, 0.3) is 6.08 Å². The number of benzene rings is 2. The van der Waals surface area contributed by atoms with Gasteiger partial charge >= 0.3 is 0 Å². The van der Waals surface area contributed by atoms with E-state index in [2.05, 4.69) is 0 Å². The maximum absolute atomic E-state index is 12.7. The molecule has 0 saturated carbocycles. The van der Waals surface area contributed by atoms with Gasteiger partial charge in [0, 0.05) is 16.0 Å². The summed E-state index contributed by atoms with van der Waals surface area (Å²) in [4.78, 5) is 16.0. The lowest BCUT2D eigenvalue weighted by Gasteiger charge is -2.14. The average Bonchev–Trinajstić information content (AvgIpc) is 3.24. The highest BCUT2D eigenvalue weighted by atomic mass is 35.5. The Labute approximate surface area is 181 Å². The van der Waals surface area contributed by atoms with Gasteiger partial charge in [-0.15, -0.1) is 0 Å². The third-order valence-electron chi connectivity index (χ3n) is 3.96. The van der Waals surface area contributed by atoms with Gasteiger partial charge < -0.3 is 4.42 Å². The summed E-state index contributed by atoms with van der Waals surface area (Å²) >= 11 is 14.1. The normalized spacial score (nSPS) is 15.6. The first-order chi connectivity index (χ1) is 13.6. The van der Waals surface area contributed by atoms with E-state index < -0.39 is 0 Å². The van der Waals surface area contributed by atoms with Gasteiger partial charge in [0.2, 0.25) is 0 Å². The third kappa shape index (κ3) is 4.52. The number of rotatable bonds is 5. The van der Waals surface area contributed by atoms with Gasteiger partial charge in [-0.25, -0.2) is 0 Å². The molecule has 2 aromatic carbocycles. The summed E-state index contributed by atoms with van der Waals surface area (Å²) < 4.78 is 6.40. The van der Waals surface area contributed by atoms with Gasteiger partial charge in [0.05, 0.1) is 11.4 Å². The quantitative estimate of drug-likeness (QED) is 0.332. The number of nitrogens with zero attached hydrogens (tertiary/aromatic N) is 1. The topological polar surface area (TPSA) is 33.5 Å². The average molecular weight is 444 g/mol. The zero-order valence-corrected chi connectivity index (χ0v) is 17.7. The second-order valence-electron chi connectivity index (χ2n) is 5.97. The molecule has 3 aromatic rings. The molecule has 0 spiro atoms. The number of halogens is 1. The number of carbonyl (C=O) groups excluding carboxylic acids is 1. The summed E-state index contributed by atoms with van der Waals surface area (Å²) in [5.74, 6) is 0.527. The van der Waals surface area contributed by atoms with E-state index in [0.717, 1.165) is 15.6 Å². The Hall–Kier alpha value is -1.99. The van der Waals surface area contributed by atoms with Crippen LogP contribution in [0.5, 0.6) is 0 Å². The van der Waals surface area contributed by atoms with Gasteiger partial charge in [0.1, 0.15) is 10.1 Å². The largest absolute Gasteiger partial charge is 0.450 e. The number of amides is 1. The van der Waals surface area contributed by atoms with Crippen LogP contribution >= 0.6 is 47.3 Å². The van der Waals surface area contributed by atoms with Crippen LogP contribution in [0.4, 0.5) is 0 Å². The van der Waals surface area contributed by atoms with Gasteiger partial charge in [-0.05, 0) is 42.0 Å². The predicted octanol–water partition coefficient (Wildman–Crippen LogP) is 6.49. The van der Waals surface area contributed by atoms with Gasteiger partial charge in [0.15, 0.2) is 5.09 Å². The van der Waals surface area contributed by atoms with E-state index in [1.54, 1.807) is 11.0 Å². The van der Waals surface area contributed by atoms with E-state index in [4.69, 9.17) is 28.2 Å². The molecule has 1 saturated heterocycles. The zero-order chi connectivity index (χ0) is 19.5.